The molecule has 1 aliphatic rings. The first-order valence-electron chi connectivity index (χ1n) is 9.07. The highest BCUT2D eigenvalue weighted by molar-refractivity contribution is 5.92. The van der Waals surface area contributed by atoms with Gasteiger partial charge in [0.2, 0.25) is 0 Å². The van der Waals surface area contributed by atoms with Gasteiger partial charge in [-0.25, -0.2) is 14.0 Å². The Morgan fingerprint density at radius 1 is 1.18 bits per heavy atom. The number of hydrogen-bond acceptors (Lipinski definition) is 4. The molecule has 0 atom stereocenters. The van der Waals surface area contributed by atoms with Gasteiger partial charge in [-0.3, -0.25) is 4.90 Å². The minimum absolute atomic E-state index is 0.0485. The van der Waals surface area contributed by atoms with E-state index in [9.17, 15) is 14.0 Å². The first-order valence-corrected chi connectivity index (χ1v) is 9.07. The summed E-state index contributed by atoms with van der Waals surface area (Å²) in [4.78, 5) is 28.0. The van der Waals surface area contributed by atoms with E-state index in [4.69, 9.17) is 4.74 Å². The van der Waals surface area contributed by atoms with Crippen LogP contribution < -0.4 is 4.90 Å². The molecular formula is C21H23FN2O4. The summed E-state index contributed by atoms with van der Waals surface area (Å²) in [5, 5.41) is 0. The molecule has 148 valence electrons. The van der Waals surface area contributed by atoms with E-state index in [1.54, 1.807) is 9.80 Å². The highest BCUT2D eigenvalue weighted by Crippen LogP contribution is 2.23. The topological polar surface area (TPSA) is 59.1 Å². The van der Waals surface area contributed by atoms with E-state index >= 15 is 0 Å². The Kier molecular flexibility index (Phi) is 6.26. The van der Waals surface area contributed by atoms with E-state index < -0.39 is 11.8 Å². The van der Waals surface area contributed by atoms with Crippen molar-refractivity contribution in [2.24, 2.45) is 0 Å². The number of carbonyl (C=O) groups excluding carboxylic acids is 2. The molecule has 1 heterocycles. The Balaban J connectivity index is 1.91. The van der Waals surface area contributed by atoms with Crippen LogP contribution >= 0.6 is 0 Å². The highest BCUT2D eigenvalue weighted by atomic mass is 19.1. The number of esters is 1. The van der Waals surface area contributed by atoms with E-state index in [1.165, 1.54) is 19.2 Å². The van der Waals surface area contributed by atoms with Gasteiger partial charge in [0.25, 0.3) is 0 Å². The van der Waals surface area contributed by atoms with Gasteiger partial charge in [-0.15, -0.1) is 0 Å². The van der Waals surface area contributed by atoms with Crippen molar-refractivity contribution in [1.29, 1.82) is 0 Å². The SMILES string of the molecule is COC(=O)c1ccc(CN(C(=O)N2CCOCC2)c2cccc(C)c2)c(F)c1. The van der Waals surface area contributed by atoms with E-state index in [-0.39, 0.29) is 18.1 Å². The number of halogens is 1. The highest BCUT2D eigenvalue weighted by Gasteiger charge is 2.25. The van der Waals surface area contributed by atoms with Crippen LogP contribution in [0, 0.1) is 12.7 Å². The number of amides is 2. The number of nitrogens with zero attached hydrogens (tertiary/aromatic N) is 2. The molecule has 3 rings (SSSR count). The van der Waals surface area contributed by atoms with Gasteiger partial charge >= 0.3 is 12.0 Å². The molecule has 0 aromatic heterocycles. The number of hydrogen-bond donors (Lipinski definition) is 0. The average Bonchev–Trinajstić information content (AvgIpc) is 2.72. The molecular weight excluding hydrogens is 363 g/mol. The Bertz CT molecular complexity index is 865. The lowest BCUT2D eigenvalue weighted by Gasteiger charge is -2.33. The van der Waals surface area contributed by atoms with Crippen LogP contribution in [0.4, 0.5) is 14.9 Å². The Hall–Kier alpha value is -2.93. The van der Waals surface area contributed by atoms with Crippen molar-refractivity contribution in [3.8, 4) is 0 Å². The van der Waals surface area contributed by atoms with Gasteiger partial charge in [0.15, 0.2) is 0 Å². The minimum atomic E-state index is -0.606. The maximum Gasteiger partial charge on any atom is 0.337 e. The van der Waals surface area contributed by atoms with Crippen molar-refractivity contribution in [2.75, 3.05) is 38.3 Å². The Labute approximate surface area is 163 Å². The van der Waals surface area contributed by atoms with Crippen LogP contribution in [0.15, 0.2) is 42.5 Å². The van der Waals surface area contributed by atoms with Crippen molar-refractivity contribution in [2.45, 2.75) is 13.5 Å². The van der Waals surface area contributed by atoms with Gasteiger partial charge in [-0.2, -0.15) is 0 Å². The summed E-state index contributed by atoms with van der Waals surface area (Å²) in [6.07, 6.45) is 0. The van der Waals surface area contributed by atoms with Crippen LogP contribution in [-0.4, -0.2) is 50.3 Å². The molecule has 1 saturated heterocycles. The monoisotopic (exact) mass is 386 g/mol. The molecule has 1 aliphatic heterocycles. The fourth-order valence-corrected chi connectivity index (χ4v) is 3.08. The average molecular weight is 386 g/mol. The zero-order chi connectivity index (χ0) is 20.1. The van der Waals surface area contributed by atoms with Crippen molar-refractivity contribution < 1.29 is 23.5 Å². The molecule has 28 heavy (non-hydrogen) atoms. The predicted molar refractivity (Wildman–Crippen MR) is 103 cm³/mol. The molecule has 0 spiro atoms. The molecule has 2 aromatic rings. The summed E-state index contributed by atoms with van der Waals surface area (Å²) in [5.41, 5.74) is 2.13. The van der Waals surface area contributed by atoms with Crippen molar-refractivity contribution in [1.82, 2.24) is 4.90 Å². The van der Waals surface area contributed by atoms with Crippen LogP contribution in [0.3, 0.4) is 0 Å². The molecule has 0 radical (unpaired) electrons. The maximum absolute atomic E-state index is 14.6. The van der Waals surface area contributed by atoms with Gasteiger partial charge in [0, 0.05) is 24.3 Å². The molecule has 7 heteroatoms. The summed E-state index contributed by atoms with van der Waals surface area (Å²) in [6, 6.07) is 11.5. The second-order valence-electron chi connectivity index (χ2n) is 6.60. The molecule has 2 aromatic carbocycles. The minimum Gasteiger partial charge on any atom is -0.465 e. The maximum atomic E-state index is 14.6. The van der Waals surface area contributed by atoms with E-state index in [1.807, 2.05) is 31.2 Å². The fourth-order valence-electron chi connectivity index (χ4n) is 3.08. The zero-order valence-corrected chi connectivity index (χ0v) is 16.0. The number of carbonyl (C=O) groups is 2. The van der Waals surface area contributed by atoms with Crippen molar-refractivity contribution >= 4 is 17.7 Å². The van der Waals surface area contributed by atoms with Crippen LogP contribution in [0.2, 0.25) is 0 Å². The first-order chi connectivity index (χ1) is 13.5. The molecule has 0 aliphatic carbocycles. The number of urea groups is 1. The summed E-state index contributed by atoms with van der Waals surface area (Å²) in [6.45, 7) is 3.93. The van der Waals surface area contributed by atoms with Crippen LogP contribution in [0.5, 0.6) is 0 Å². The molecule has 0 saturated carbocycles. The fraction of sp³-hybridized carbons (Fsp3) is 0.333. The molecule has 0 bridgehead atoms. The Morgan fingerprint density at radius 2 is 1.93 bits per heavy atom. The quantitative estimate of drug-likeness (QED) is 0.756. The lowest BCUT2D eigenvalue weighted by atomic mass is 10.1. The van der Waals surface area contributed by atoms with E-state index in [0.717, 1.165) is 11.6 Å². The van der Waals surface area contributed by atoms with Crippen LogP contribution in [0.25, 0.3) is 0 Å². The predicted octanol–water partition coefficient (Wildman–Crippen LogP) is 3.38. The van der Waals surface area contributed by atoms with Crippen molar-refractivity contribution in [3.63, 3.8) is 0 Å². The number of methoxy groups -OCH3 is 1. The summed E-state index contributed by atoms with van der Waals surface area (Å²) >= 11 is 0. The summed E-state index contributed by atoms with van der Waals surface area (Å²) in [5.74, 6) is -1.17. The zero-order valence-electron chi connectivity index (χ0n) is 16.0. The Morgan fingerprint density at radius 3 is 2.57 bits per heavy atom. The third-order valence-corrected chi connectivity index (χ3v) is 4.63. The number of anilines is 1. The van der Waals surface area contributed by atoms with Gasteiger partial charge in [-0.05, 0) is 36.8 Å². The standard InChI is InChI=1S/C21H23FN2O4/c1-15-4-3-5-18(12-15)24(21(26)23-8-10-28-11-9-23)14-17-7-6-16(13-19(17)22)20(25)27-2/h3-7,12-13H,8-11,14H2,1-2H3. The molecule has 0 N–H and O–H groups in total. The van der Waals surface area contributed by atoms with Crippen LogP contribution in [-0.2, 0) is 16.0 Å². The molecule has 6 nitrogen and oxygen atoms in total. The largest absolute Gasteiger partial charge is 0.465 e. The van der Waals surface area contributed by atoms with Gasteiger partial charge < -0.3 is 14.4 Å². The number of aryl methyl sites for hydroxylation is 1. The number of benzene rings is 2. The summed E-state index contributed by atoms with van der Waals surface area (Å²) < 4.78 is 24.6. The van der Waals surface area contributed by atoms with Crippen LogP contribution in [0.1, 0.15) is 21.5 Å². The normalized spacial score (nSPS) is 13.9. The second-order valence-corrected chi connectivity index (χ2v) is 6.60. The van der Waals surface area contributed by atoms with Gasteiger partial charge in [0.1, 0.15) is 5.82 Å². The van der Waals surface area contributed by atoms with E-state index in [0.29, 0.717) is 37.6 Å². The van der Waals surface area contributed by atoms with Gasteiger partial charge in [0.05, 0.1) is 32.4 Å². The number of rotatable bonds is 4. The number of ether oxygens (including phenoxy) is 2. The second kappa shape index (κ2) is 8.84. The number of morpholine rings is 1. The molecule has 0 unspecified atom stereocenters. The molecule has 2 amide bonds. The van der Waals surface area contributed by atoms with Gasteiger partial charge in [-0.1, -0.05) is 18.2 Å². The third-order valence-electron chi connectivity index (χ3n) is 4.63. The molecule has 1 fully saturated rings. The smallest absolute Gasteiger partial charge is 0.337 e. The van der Waals surface area contributed by atoms with Crippen molar-refractivity contribution in [3.05, 3.63) is 65.0 Å². The lowest BCUT2D eigenvalue weighted by Crippen LogP contribution is -2.48. The third kappa shape index (κ3) is 4.48. The first kappa shape index (κ1) is 19.8. The summed E-state index contributed by atoms with van der Waals surface area (Å²) in [7, 11) is 1.24. The van der Waals surface area contributed by atoms with E-state index in [2.05, 4.69) is 4.74 Å². The lowest BCUT2D eigenvalue weighted by molar-refractivity contribution is 0.0548.